The van der Waals surface area contributed by atoms with Gasteiger partial charge in [-0.05, 0) is 119 Å². The van der Waals surface area contributed by atoms with Gasteiger partial charge < -0.3 is 4.90 Å². The zero-order chi connectivity index (χ0) is 37.1. The Kier molecular flexibility index (Phi) is 6.72. The van der Waals surface area contributed by atoms with Crippen LogP contribution in [0, 0.1) is 0 Å². The molecular formula is C54H41N. The van der Waals surface area contributed by atoms with Crippen molar-refractivity contribution >= 4 is 49.4 Å². The molecule has 262 valence electrons. The molecule has 9 aromatic carbocycles. The van der Waals surface area contributed by atoms with Gasteiger partial charge >= 0.3 is 0 Å². The second-order valence-corrected chi connectivity index (χ2v) is 16.5. The van der Waals surface area contributed by atoms with Crippen molar-refractivity contribution in [2.45, 2.75) is 38.5 Å². The van der Waals surface area contributed by atoms with E-state index in [1.165, 1.54) is 99.3 Å². The molecule has 11 rings (SSSR count). The van der Waals surface area contributed by atoms with Gasteiger partial charge in [-0.2, -0.15) is 0 Å². The third-order valence-electron chi connectivity index (χ3n) is 12.9. The number of benzene rings is 9. The van der Waals surface area contributed by atoms with Crippen LogP contribution >= 0.6 is 0 Å². The quantitative estimate of drug-likeness (QED) is 0.165. The summed E-state index contributed by atoms with van der Waals surface area (Å²) in [6.45, 7) is 9.47. The third-order valence-corrected chi connectivity index (χ3v) is 12.9. The highest BCUT2D eigenvalue weighted by Crippen LogP contribution is 2.55. The maximum atomic E-state index is 2.50. The van der Waals surface area contributed by atoms with E-state index < -0.39 is 0 Å². The highest BCUT2D eigenvalue weighted by atomic mass is 15.1. The van der Waals surface area contributed by atoms with Crippen LogP contribution < -0.4 is 4.90 Å². The van der Waals surface area contributed by atoms with Crippen molar-refractivity contribution in [3.8, 4) is 33.4 Å². The molecule has 0 aromatic heterocycles. The minimum Gasteiger partial charge on any atom is -0.310 e. The van der Waals surface area contributed by atoms with Gasteiger partial charge in [0.15, 0.2) is 0 Å². The van der Waals surface area contributed by atoms with Crippen LogP contribution in [0.25, 0.3) is 65.7 Å². The molecule has 55 heavy (non-hydrogen) atoms. The van der Waals surface area contributed by atoms with Crippen molar-refractivity contribution in [1.82, 2.24) is 0 Å². The first kappa shape index (κ1) is 32.0. The molecule has 0 saturated carbocycles. The lowest BCUT2D eigenvalue weighted by Crippen LogP contribution is -2.17. The van der Waals surface area contributed by atoms with Crippen LogP contribution in [0.2, 0.25) is 0 Å². The van der Waals surface area contributed by atoms with Crippen LogP contribution in [-0.2, 0) is 10.8 Å². The molecule has 0 bridgehead atoms. The first-order valence-electron chi connectivity index (χ1n) is 19.5. The molecule has 0 heterocycles. The fourth-order valence-corrected chi connectivity index (χ4v) is 9.99. The number of fused-ring (bicyclic) bond motifs is 11. The summed E-state index contributed by atoms with van der Waals surface area (Å²) in [7, 11) is 0. The number of nitrogens with zero attached hydrogens (tertiary/aromatic N) is 1. The molecule has 0 aliphatic heterocycles. The van der Waals surface area contributed by atoms with E-state index in [4.69, 9.17) is 0 Å². The predicted octanol–water partition coefficient (Wildman–Crippen LogP) is 14.9. The molecule has 0 fully saturated rings. The summed E-state index contributed by atoms with van der Waals surface area (Å²) in [6, 6.07) is 65.8. The molecule has 0 saturated heterocycles. The lowest BCUT2D eigenvalue weighted by atomic mass is 9.82. The van der Waals surface area contributed by atoms with Gasteiger partial charge in [0.05, 0.1) is 5.69 Å². The standard InChI is InChI=1S/C54H41N/c1-53(2)48-17-10-8-15-46(48)52-49(53)18-11-19-51(52)55(39-27-31-45-44-14-7-9-16-47(44)54(3,4)50(45)33-39)38-25-20-34(21-26-38)36-23-28-41-37(32-36)24-30-42-40-13-6-5-12-35(40)22-29-43(41)42/h5-33H,1-4H3. The Labute approximate surface area is 323 Å². The molecule has 1 heteroatoms. The Balaban J connectivity index is 1.06. The maximum absolute atomic E-state index is 2.50. The molecule has 0 atom stereocenters. The van der Waals surface area contributed by atoms with Gasteiger partial charge in [-0.3, -0.25) is 0 Å². The van der Waals surface area contributed by atoms with E-state index in [1.807, 2.05) is 0 Å². The first-order chi connectivity index (χ1) is 26.8. The molecule has 0 amide bonds. The smallest absolute Gasteiger partial charge is 0.0543 e. The van der Waals surface area contributed by atoms with Crippen molar-refractivity contribution in [2.24, 2.45) is 0 Å². The Hall–Kier alpha value is -6.44. The van der Waals surface area contributed by atoms with Gasteiger partial charge in [0.2, 0.25) is 0 Å². The van der Waals surface area contributed by atoms with E-state index in [9.17, 15) is 0 Å². The lowest BCUT2D eigenvalue weighted by molar-refractivity contribution is 0.660. The molecule has 1 nitrogen and oxygen atoms in total. The summed E-state index contributed by atoms with van der Waals surface area (Å²) >= 11 is 0. The Morgan fingerprint density at radius 2 is 0.909 bits per heavy atom. The highest BCUT2D eigenvalue weighted by molar-refractivity contribution is 6.17. The molecular weight excluding hydrogens is 663 g/mol. The van der Waals surface area contributed by atoms with Gasteiger partial charge in [0.25, 0.3) is 0 Å². The zero-order valence-corrected chi connectivity index (χ0v) is 31.7. The Morgan fingerprint density at radius 1 is 0.345 bits per heavy atom. The van der Waals surface area contributed by atoms with E-state index >= 15 is 0 Å². The second kappa shape index (κ2) is 11.5. The summed E-state index contributed by atoms with van der Waals surface area (Å²) in [5.41, 5.74) is 16.6. The average Bonchev–Trinajstić information content (AvgIpc) is 3.60. The molecule has 0 unspecified atom stereocenters. The van der Waals surface area contributed by atoms with Crippen LogP contribution in [0.5, 0.6) is 0 Å². The Bertz CT molecular complexity index is 3030. The van der Waals surface area contributed by atoms with Crippen molar-refractivity contribution < 1.29 is 0 Å². The summed E-state index contributed by atoms with van der Waals surface area (Å²) < 4.78 is 0. The SMILES string of the molecule is CC1(C)c2ccccc2-c2ccc(N(c3ccc(-c4ccc5c(ccc6c7ccccc7ccc56)c4)cc3)c3cccc4c3-c3ccccc3C4(C)C)cc21. The molecule has 0 N–H and O–H groups in total. The third kappa shape index (κ3) is 4.60. The van der Waals surface area contributed by atoms with Gasteiger partial charge in [0, 0.05) is 27.8 Å². The monoisotopic (exact) mass is 703 g/mol. The minimum absolute atomic E-state index is 0.0897. The van der Waals surface area contributed by atoms with E-state index in [0.717, 1.165) is 5.69 Å². The summed E-state index contributed by atoms with van der Waals surface area (Å²) in [4.78, 5) is 2.50. The first-order valence-corrected chi connectivity index (χ1v) is 19.5. The molecule has 2 aliphatic rings. The van der Waals surface area contributed by atoms with Gasteiger partial charge in [-0.1, -0.05) is 167 Å². The van der Waals surface area contributed by atoms with Gasteiger partial charge in [-0.25, -0.2) is 0 Å². The van der Waals surface area contributed by atoms with Crippen LogP contribution in [0.4, 0.5) is 17.1 Å². The van der Waals surface area contributed by atoms with Crippen molar-refractivity contribution in [1.29, 1.82) is 0 Å². The summed E-state index contributed by atoms with van der Waals surface area (Å²) in [6.07, 6.45) is 0. The molecule has 2 aliphatic carbocycles. The van der Waals surface area contributed by atoms with Crippen molar-refractivity contribution in [2.75, 3.05) is 4.90 Å². The van der Waals surface area contributed by atoms with Crippen LogP contribution in [0.3, 0.4) is 0 Å². The van der Waals surface area contributed by atoms with E-state index in [-0.39, 0.29) is 10.8 Å². The largest absolute Gasteiger partial charge is 0.310 e. The average molecular weight is 704 g/mol. The van der Waals surface area contributed by atoms with Crippen LogP contribution in [0.15, 0.2) is 176 Å². The fraction of sp³-hybridized carbons (Fsp3) is 0.111. The van der Waals surface area contributed by atoms with E-state index in [2.05, 4.69) is 209 Å². The molecule has 0 radical (unpaired) electrons. The molecule has 0 spiro atoms. The lowest BCUT2D eigenvalue weighted by Gasteiger charge is -2.30. The van der Waals surface area contributed by atoms with Gasteiger partial charge in [-0.15, -0.1) is 0 Å². The minimum atomic E-state index is -0.0980. The summed E-state index contributed by atoms with van der Waals surface area (Å²) in [5, 5.41) is 7.74. The second-order valence-electron chi connectivity index (χ2n) is 16.5. The van der Waals surface area contributed by atoms with Gasteiger partial charge in [0.1, 0.15) is 0 Å². The summed E-state index contributed by atoms with van der Waals surface area (Å²) in [5.74, 6) is 0. The van der Waals surface area contributed by atoms with Crippen LogP contribution in [-0.4, -0.2) is 0 Å². The number of hydrogen-bond acceptors (Lipinski definition) is 1. The van der Waals surface area contributed by atoms with E-state index in [0.29, 0.717) is 0 Å². The highest BCUT2D eigenvalue weighted by Gasteiger charge is 2.39. The zero-order valence-electron chi connectivity index (χ0n) is 31.7. The number of anilines is 3. The predicted molar refractivity (Wildman–Crippen MR) is 234 cm³/mol. The van der Waals surface area contributed by atoms with E-state index in [1.54, 1.807) is 0 Å². The fourth-order valence-electron chi connectivity index (χ4n) is 9.99. The van der Waals surface area contributed by atoms with Crippen molar-refractivity contribution in [3.63, 3.8) is 0 Å². The van der Waals surface area contributed by atoms with Crippen molar-refractivity contribution in [3.05, 3.63) is 198 Å². The van der Waals surface area contributed by atoms with Crippen LogP contribution in [0.1, 0.15) is 49.9 Å². The number of hydrogen-bond donors (Lipinski definition) is 0. The normalized spacial score (nSPS) is 14.5. The Morgan fingerprint density at radius 3 is 1.71 bits per heavy atom. The topological polar surface area (TPSA) is 3.24 Å². The molecule has 9 aromatic rings. The number of rotatable bonds is 4. The maximum Gasteiger partial charge on any atom is 0.0543 e.